The molecular weight excluding hydrogens is 379 g/mol. The predicted molar refractivity (Wildman–Crippen MR) is 99.5 cm³/mol. The third kappa shape index (κ3) is 5.82. The zero-order valence-electron chi connectivity index (χ0n) is 14.2. The molecule has 1 atom stereocenters. The van der Waals surface area contributed by atoms with E-state index in [1.54, 1.807) is 18.2 Å². The molecule has 6 nitrogen and oxygen atoms in total. The summed E-state index contributed by atoms with van der Waals surface area (Å²) < 4.78 is 10.8. The number of para-hydroxylation sites is 1. The van der Waals surface area contributed by atoms with E-state index in [0.29, 0.717) is 16.5 Å². The Balaban J connectivity index is 1.78. The average Bonchev–Trinajstić information content (AvgIpc) is 2.61. The number of carbonyl (C=O) groups excluding carboxylic acids is 2. The first-order valence-corrected chi connectivity index (χ1v) is 8.51. The standard InChI is InChI=1S/C18H18Cl2N2O4/c1-11-5-3-4-6-15(11)25-10-17(23)21-22-18(24)12(2)26-16-8-7-13(19)9-14(16)20/h3-9,12H,10H2,1-2H3,(H,21,23)(H,22,24). The van der Waals surface area contributed by atoms with Crippen LogP contribution in [0.2, 0.25) is 10.0 Å². The van der Waals surface area contributed by atoms with Gasteiger partial charge in [0.05, 0.1) is 5.02 Å². The zero-order valence-corrected chi connectivity index (χ0v) is 15.7. The third-order valence-corrected chi connectivity index (χ3v) is 3.87. The second kappa shape index (κ2) is 9.31. The van der Waals surface area contributed by atoms with Crippen molar-refractivity contribution in [3.05, 3.63) is 58.1 Å². The molecule has 0 fully saturated rings. The van der Waals surface area contributed by atoms with Crippen LogP contribution in [0.25, 0.3) is 0 Å². The van der Waals surface area contributed by atoms with Gasteiger partial charge in [0.25, 0.3) is 11.8 Å². The van der Waals surface area contributed by atoms with E-state index in [4.69, 9.17) is 32.7 Å². The number of hydrazine groups is 1. The van der Waals surface area contributed by atoms with Gasteiger partial charge in [-0.3, -0.25) is 20.4 Å². The van der Waals surface area contributed by atoms with Gasteiger partial charge in [-0.05, 0) is 43.7 Å². The van der Waals surface area contributed by atoms with Crippen LogP contribution in [0.4, 0.5) is 0 Å². The normalized spacial score (nSPS) is 11.4. The van der Waals surface area contributed by atoms with Crippen molar-refractivity contribution in [1.82, 2.24) is 10.9 Å². The molecule has 2 aromatic carbocycles. The molecule has 8 heteroatoms. The van der Waals surface area contributed by atoms with Gasteiger partial charge in [0.15, 0.2) is 12.7 Å². The van der Waals surface area contributed by atoms with Crippen molar-refractivity contribution in [3.63, 3.8) is 0 Å². The molecule has 0 aliphatic heterocycles. The number of halogens is 2. The van der Waals surface area contributed by atoms with Crippen molar-refractivity contribution in [2.24, 2.45) is 0 Å². The lowest BCUT2D eigenvalue weighted by atomic mass is 10.2. The second-order valence-electron chi connectivity index (χ2n) is 5.43. The van der Waals surface area contributed by atoms with Crippen LogP contribution in [0.15, 0.2) is 42.5 Å². The number of amides is 2. The summed E-state index contributed by atoms with van der Waals surface area (Å²) >= 11 is 11.8. The molecule has 0 heterocycles. The van der Waals surface area contributed by atoms with Crippen LogP contribution >= 0.6 is 23.2 Å². The minimum Gasteiger partial charge on any atom is -0.483 e. The minimum atomic E-state index is -0.883. The van der Waals surface area contributed by atoms with Gasteiger partial charge in [-0.2, -0.15) is 0 Å². The minimum absolute atomic E-state index is 0.233. The quantitative estimate of drug-likeness (QED) is 0.734. The molecule has 2 rings (SSSR count). The van der Waals surface area contributed by atoms with E-state index in [9.17, 15) is 9.59 Å². The van der Waals surface area contributed by atoms with Crippen molar-refractivity contribution in [3.8, 4) is 11.5 Å². The molecule has 0 saturated heterocycles. The van der Waals surface area contributed by atoms with Crippen molar-refractivity contribution in [1.29, 1.82) is 0 Å². The molecule has 1 unspecified atom stereocenters. The third-order valence-electron chi connectivity index (χ3n) is 3.34. The van der Waals surface area contributed by atoms with Crippen LogP contribution in [0.1, 0.15) is 12.5 Å². The molecule has 2 aromatic rings. The highest BCUT2D eigenvalue weighted by atomic mass is 35.5. The number of aryl methyl sites for hydroxylation is 1. The molecule has 0 radical (unpaired) electrons. The van der Waals surface area contributed by atoms with E-state index in [-0.39, 0.29) is 11.6 Å². The van der Waals surface area contributed by atoms with Gasteiger partial charge in [-0.1, -0.05) is 41.4 Å². The molecule has 2 amide bonds. The number of rotatable bonds is 6. The molecular formula is C18H18Cl2N2O4. The van der Waals surface area contributed by atoms with Gasteiger partial charge in [0.1, 0.15) is 11.5 Å². The van der Waals surface area contributed by atoms with Crippen LogP contribution in [-0.4, -0.2) is 24.5 Å². The summed E-state index contributed by atoms with van der Waals surface area (Å²) in [4.78, 5) is 23.8. The molecule has 0 bridgehead atoms. The van der Waals surface area contributed by atoms with Crippen LogP contribution < -0.4 is 20.3 Å². The van der Waals surface area contributed by atoms with E-state index in [1.165, 1.54) is 13.0 Å². The fourth-order valence-electron chi connectivity index (χ4n) is 1.95. The maximum absolute atomic E-state index is 12.0. The van der Waals surface area contributed by atoms with Gasteiger partial charge in [0.2, 0.25) is 0 Å². The summed E-state index contributed by atoms with van der Waals surface area (Å²) in [5.41, 5.74) is 5.45. The molecule has 0 spiro atoms. The number of carbonyl (C=O) groups is 2. The SMILES string of the molecule is Cc1ccccc1OCC(=O)NNC(=O)C(C)Oc1ccc(Cl)cc1Cl. The largest absolute Gasteiger partial charge is 0.483 e. The van der Waals surface area contributed by atoms with Crippen LogP contribution in [0.5, 0.6) is 11.5 Å². The lowest BCUT2D eigenvalue weighted by molar-refractivity contribution is -0.133. The average molecular weight is 397 g/mol. The maximum Gasteiger partial charge on any atom is 0.279 e. The number of benzene rings is 2. The van der Waals surface area contributed by atoms with Gasteiger partial charge in [0, 0.05) is 5.02 Å². The predicted octanol–water partition coefficient (Wildman–Crippen LogP) is 3.30. The monoisotopic (exact) mass is 396 g/mol. The van der Waals surface area contributed by atoms with Crippen molar-refractivity contribution in [2.45, 2.75) is 20.0 Å². The van der Waals surface area contributed by atoms with E-state index in [0.717, 1.165) is 5.56 Å². The summed E-state index contributed by atoms with van der Waals surface area (Å²) in [6, 6.07) is 12.0. The first-order chi connectivity index (χ1) is 12.4. The summed E-state index contributed by atoms with van der Waals surface area (Å²) in [6.45, 7) is 3.16. The van der Waals surface area contributed by atoms with Gasteiger partial charge < -0.3 is 9.47 Å². The molecule has 2 N–H and O–H groups in total. The Kier molecular flexibility index (Phi) is 7.12. The van der Waals surface area contributed by atoms with Crippen LogP contribution in [0, 0.1) is 6.92 Å². The molecule has 0 aliphatic carbocycles. The van der Waals surface area contributed by atoms with Gasteiger partial charge in [-0.25, -0.2) is 0 Å². The van der Waals surface area contributed by atoms with Gasteiger partial charge >= 0.3 is 0 Å². The molecule has 26 heavy (non-hydrogen) atoms. The second-order valence-corrected chi connectivity index (χ2v) is 6.27. The summed E-state index contributed by atoms with van der Waals surface area (Å²) in [5.74, 6) is -0.130. The Bertz CT molecular complexity index is 799. The molecule has 0 aliphatic rings. The Morgan fingerprint density at radius 3 is 2.50 bits per heavy atom. The lowest BCUT2D eigenvalue weighted by Gasteiger charge is -2.16. The van der Waals surface area contributed by atoms with E-state index >= 15 is 0 Å². The van der Waals surface area contributed by atoms with Crippen LogP contribution in [0.3, 0.4) is 0 Å². The molecule has 138 valence electrons. The Hall–Kier alpha value is -2.44. The van der Waals surface area contributed by atoms with Crippen molar-refractivity contribution < 1.29 is 19.1 Å². The Morgan fingerprint density at radius 2 is 1.81 bits per heavy atom. The van der Waals surface area contributed by atoms with E-state index in [1.807, 2.05) is 25.1 Å². The van der Waals surface area contributed by atoms with E-state index < -0.39 is 17.9 Å². The number of hydrogen-bond donors (Lipinski definition) is 2. The van der Waals surface area contributed by atoms with E-state index in [2.05, 4.69) is 10.9 Å². The lowest BCUT2D eigenvalue weighted by Crippen LogP contribution is -2.48. The Morgan fingerprint density at radius 1 is 1.08 bits per heavy atom. The highest BCUT2D eigenvalue weighted by Gasteiger charge is 2.17. The first-order valence-electron chi connectivity index (χ1n) is 7.75. The number of ether oxygens (including phenoxy) is 2. The smallest absolute Gasteiger partial charge is 0.279 e. The zero-order chi connectivity index (χ0) is 19.1. The first kappa shape index (κ1) is 19.9. The summed E-state index contributed by atoms with van der Waals surface area (Å²) in [7, 11) is 0. The fraction of sp³-hybridized carbons (Fsp3) is 0.222. The highest BCUT2D eigenvalue weighted by Crippen LogP contribution is 2.28. The topological polar surface area (TPSA) is 76.7 Å². The van der Waals surface area contributed by atoms with Crippen molar-refractivity contribution in [2.75, 3.05) is 6.61 Å². The summed E-state index contributed by atoms with van der Waals surface area (Å²) in [5, 5.41) is 0.744. The Labute approximate surface area is 161 Å². The number of hydrogen-bond acceptors (Lipinski definition) is 4. The fourth-order valence-corrected chi connectivity index (χ4v) is 2.40. The highest BCUT2D eigenvalue weighted by molar-refractivity contribution is 6.35. The molecule has 0 aromatic heterocycles. The van der Waals surface area contributed by atoms with Crippen LogP contribution in [-0.2, 0) is 9.59 Å². The maximum atomic E-state index is 12.0. The van der Waals surface area contributed by atoms with Crippen molar-refractivity contribution >= 4 is 35.0 Å². The summed E-state index contributed by atoms with van der Waals surface area (Å²) in [6.07, 6.45) is -0.883. The molecule has 0 saturated carbocycles. The van der Waals surface area contributed by atoms with Gasteiger partial charge in [-0.15, -0.1) is 0 Å². The number of nitrogens with one attached hydrogen (secondary N) is 2.